The smallest absolute Gasteiger partial charge is 0.372 e. The monoisotopic (exact) mass is 189 g/mol. The average molecular weight is 189 g/mol. The molecule has 0 heterocycles. The zero-order valence-corrected chi connectivity index (χ0v) is 7.06. The van der Waals surface area contributed by atoms with Gasteiger partial charge in [0.15, 0.2) is 0 Å². The van der Waals surface area contributed by atoms with Crippen LogP contribution in [0.5, 0.6) is 0 Å². The maximum absolute atomic E-state index is 10.8. The molecule has 0 aliphatic rings. The number of hydrogen-bond acceptors (Lipinski definition) is 4. The molecule has 0 aromatic heterocycles. The summed E-state index contributed by atoms with van der Waals surface area (Å²) in [6.45, 7) is 1.33. The minimum atomic E-state index is -1.56. The molecule has 0 aliphatic heterocycles. The largest absolute Gasteiger partial charge is 0.480 e. The summed E-state index contributed by atoms with van der Waals surface area (Å²) in [5.41, 5.74) is 5.11. The first-order chi connectivity index (χ1) is 5.86. The Kier molecular flexibility index (Phi) is 4.06. The predicted molar refractivity (Wildman–Crippen MR) is 42.0 cm³/mol. The van der Waals surface area contributed by atoms with Gasteiger partial charge < -0.3 is 15.9 Å². The Morgan fingerprint density at radius 3 is 2.08 bits per heavy atom. The lowest BCUT2D eigenvalue weighted by molar-refractivity contribution is -0.151. The Labute approximate surface area is 74.3 Å². The third kappa shape index (κ3) is 3.66. The Bertz CT molecular complexity index is 237. The molecule has 0 radical (unpaired) electrons. The number of carbonyl (C=O) groups is 3. The van der Waals surface area contributed by atoms with Crippen molar-refractivity contribution < 1.29 is 24.6 Å². The van der Waals surface area contributed by atoms with Crippen LogP contribution >= 0.6 is 0 Å². The van der Waals surface area contributed by atoms with Crippen molar-refractivity contribution in [2.24, 2.45) is 11.7 Å². The van der Waals surface area contributed by atoms with Crippen LogP contribution < -0.4 is 5.73 Å². The molecule has 0 aliphatic carbocycles. The first-order valence-electron chi connectivity index (χ1n) is 3.61. The van der Waals surface area contributed by atoms with Gasteiger partial charge in [-0.15, -0.1) is 0 Å². The second-order valence-electron chi connectivity index (χ2n) is 2.75. The standard InChI is InChI=1S/C7H11NO5/c1-3(5(9)7(12)13)2-4(8)6(10)11/h3-4H,2,8H2,1H3,(H,10,11)(H,12,13). The third-order valence-corrected chi connectivity index (χ3v) is 1.58. The lowest BCUT2D eigenvalue weighted by Crippen LogP contribution is -2.35. The highest BCUT2D eigenvalue weighted by Gasteiger charge is 2.24. The highest BCUT2D eigenvalue weighted by atomic mass is 16.4. The first-order valence-corrected chi connectivity index (χ1v) is 3.61. The summed E-state index contributed by atoms with van der Waals surface area (Å²) in [5, 5.41) is 16.6. The maximum atomic E-state index is 10.8. The molecule has 13 heavy (non-hydrogen) atoms. The number of nitrogens with two attached hydrogens (primary N) is 1. The summed E-state index contributed by atoms with van der Waals surface area (Å²) in [5.74, 6) is -4.70. The molecule has 0 amide bonds. The zero-order chi connectivity index (χ0) is 10.6. The van der Waals surface area contributed by atoms with Crippen molar-refractivity contribution in [2.45, 2.75) is 19.4 Å². The van der Waals surface area contributed by atoms with Gasteiger partial charge >= 0.3 is 11.9 Å². The lowest BCUT2D eigenvalue weighted by atomic mass is 9.98. The lowest BCUT2D eigenvalue weighted by Gasteiger charge is -2.10. The van der Waals surface area contributed by atoms with Crippen molar-refractivity contribution >= 4 is 17.7 Å². The van der Waals surface area contributed by atoms with E-state index in [4.69, 9.17) is 15.9 Å². The van der Waals surface area contributed by atoms with Crippen LogP contribution in [0.25, 0.3) is 0 Å². The SMILES string of the molecule is CC(CC(N)C(=O)O)C(=O)C(=O)O. The second-order valence-corrected chi connectivity index (χ2v) is 2.75. The number of Topliss-reactive ketones (excluding diaryl/α,β-unsaturated/α-hetero) is 1. The normalized spacial score (nSPS) is 14.6. The molecule has 74 valence electrons. The van der Waals surface area contributed by atoms with Crippen molar-refractivity contribution in [1.82, 2.24) is 0 Å². The minimum absolute atomic E-state index is 0.166. The Hall–Kier alpha value is -1.43. The molecule has 0 saturated heterocycles. The topological polar surface area (TPSA) is 118 Å². The molecule has 2 atom stereocenters. The molecule has 0 bridgehead atoms. The van der Waals surface area contributed by atoms with E-state index in [0.717, 1.165) is 0 Å². The van der Waals surface area contributed by atoms with E-state index >= 15 is 0 Å². The molecular formula is C7H11NO5. The van der Waals surface area contributed by atoms with Crippen LogP contribution in [0, 0.1) is 5.92 Å². The highest BCUT2D eigenvalue weighted by Crippen LogP contribution is 2.06. The number of carboxylic acids is 2. The number of ketones is 1. The summed E-state index contributed by atoms with van der Waals surface area (Å²) in [6, 6.07) is -1.20. The van der Waals surface area contributed by atoms with Crippen LogP contribution in [0.4, 0.5) is 0 Å². The number of aliphatic carboxylic acids is 2. The van der Waals surface area contributed by atoms with Gasteiger partial charge in [-0.1, -0.05) is 6.92 Å². The maximum Gasteiger partial charge on any atom is 0.372 e. The molecule has 0 aromatic rings. The minimum Gasteiger partial charge on any atom is -0.480 e. The van der Waals surface area contributed by atoms with Gasteiger partial charge in [0.25, 0.3) is 0 Å². The van der Waals surface area contributed by atoms with Crippen LogP contribution in [0.15, 0.2) is 0 Å². The number of hydrogen-bond donors (Lipinski definition) is 3. The highest BCUT2D eigenvalue weighted by molar-refractivity contribution is 6.33. The van der Waals surface area contributed by atoms with E-state index in [1.54, 1.807) is 0 Å². The number of carbonyl (C=O) groups excluding carboxylic acids is 1. The third-order valence-electron chi connectivity index (χ3n) is 1.58. The fraction of sp³-hybridized carbons (Fsp3) is 0.571. The summed E-state index contributed by atoms with van der Waals surface area (Å²) in [4.78, 5) is 31.2. The number of rotatable bonds is 5. The Morgan fingerprint density at radius 2 is 1.77 bits per heavy atom. The fourth-order valence-electron chi connectivity index (χ4n) is 0.800. The molecule has 0 aromatic carbocycles. The van der Waals surface area contributed by atoms with Gasteiger partial charge in [0.1, 0.15) is 6.04 Å². The van der Waals surface area contributed by atoms with E-state index in [0.29, 0.717) is 0 Å². The van der Waals surface area contributed by atoms with Crippen LogP contribution in [0.1, 0.15) is 13.3 Å². The van der Waals surface area contributed by atoms with Crippen LogP contribution in [0.3, 0.4) is 0 Å². The molecule has 0 saturated carbocycles. The van der Waals surface area contributed by atoms with Crippen molar-refractivity contribution in [3.63, 3.8) is 0 Å². The molecule has 0 spiro atoms. The van der Waals surface area contributed by atoms with Gasteiger partial charge in [-0.3, -0.25) is 9.59 Å². The van der Waals surface area contributed by atoms with Crippen molar-refractivity contribution in [3.05, 3.63) is 0 Å². The van der Waals surface area contributed by atoms with E-state index in [2.05, 4.69) is 0 Å². The molecule has 6 heteroatoms. The van der Waals surface area contributed by atoms with E-state index in [-0.39, 0.29) is 6.42 Å². The average Bonchev–Trinajstić information content (AvgIpc) is 2.02. The fourth-order valence-corrected chi connectivity index (χ4v) is 0.800. The second kappa shape index (κ2) is 4.56. The van der Waals surface area contributed by atoms with Gasteiger partial charge in [-0.05, 0) is 6.42 Å². The molecule has 6 nitrogen and oxygen atoms in total. The molecular weight excluding hydrogens is 178 g/mol. The molecule has 0 fully saturated rings. The predicted octanol–water partition coefficient (Wildman–Crippen LogP) is -0.922. The Morgan fingerprint density at radius 1 is 1.31 bits per heavy atom. The Balaban J connectivity index is 4.15. The van der Waals surface area contributed by atoms with Crippen molar-refractivity contribution in [1.29, 1.82) is 0 Å². The van der Waals surface area contributed by atoms with Gasteiger partial charge in [0, 0.05) is 5.92 Å². The van der Waals surface area contributed by atoms with E-state index < -0.39 is 29.7 Å². The molecule has 0 rings (SSSR count). The van der Waals surface area contributed by atoms with Crippen LogP contribution in [0.2, 0.25) is 0 Å². The van der Waals surface area contributed by atoms with Gasteiger partial charge in [-0.25, -0.2) is 4.79 Å². The van der Waals surface area contributed by atoms with Gasteiger partial charge in [0.2, 0.25) is 5.78 Å². The van der Waals surface area contributed by atoms with E-state index in [1.807, 2.05) is 0 Å². The summed E-state index contributed by atoms with van der Waals surface area (Å²) >= 11 is 0. The van der Waals surface area contributed by atoms with Crippen LogP contribution in [-0.2, 0) is 14.4 Å². The van der Waals surface area contributed by atoms with Gasteiger partial charge in [0.05, 0.1) is 0 Å². The summed E-state index contributed by atoms with van der Waals surface area (Å²) < 4.78 is 0. The quantitative estimate of drug-likeness (QED) is 0.481. The van der Waals surface area contributed by atoms with E-state index in [1.165, 1.54) is 6.92 Å². The molecule has 4 N–H and O–H groups in total. The summed E-state index contributed by atoms with van der Waals surface area (Å²) in [6.07, 6.45) is -0.166. The van der Waals surface area contributed by atoms with Crippen LogP contribution in [-0.4, -0.2) is 34.0 Å². The van der Waals surface area contributed by atoms with Crippen molar-refractivity contribution in [3.8, 4) is 0 Å². The molecule has 2 unspecified atom stereocenters. The van der Waals surface area contributed by atoms with Gasteiger partial charge in [-0.2, -0.15) is 0 Å². The summed E-state index contributed by atoms with van der Waals surface area (Å²) in [7, 11) is 0. The first kappa shape index (κ1) is 11.6. The zero-order valence-electron chi connectivity index (χ0n) is 7.06. The van der Waals surface area contributed by atoms with Crippen molar-refractivity contribution in [2.75, 3.05) is 0 Å². The van der Waals surface area contributed by atoms with E-state index in [9.17, 15) is 14.4 Å². The number of carboxylic acid groups (broad SMARTS) is 2.